The Morgan fingerprint density at radius 2 is 1.90 bits per heavy atom. The molecular weight excluding hydrogens is 368 g/mol. The molecule has 6 nitrogen and oxygen atoms in total. The molecule has 4 rings (SSSR count). The summed E-state index contributed by atoms with van der Waals surface area (Å²) >= 11 is 0. The van der Waals surface area contributed by atoms with Gasteiger partial charge >= 0.3 is 0 Å². The van der Waals surface area contributed by atoms with Crippen LogP contribution < -0.4 is 19.5 Å². The van der Waals surface area contributed by atoms with Crippen LogP contribution in [-0.4, -0.2) is 50.5 Å². The molecular formula is C23H26N2O4. The van der Waals surface area contributed by atoms with Crippen LogP contribution in [-0.2, 0) is 6.54 Å². The number of benzene rings is 2. The molecule has 0 saturated carbocycles. The van der Waals surface area contributed by atoms with Gasteiger partial charge in [-0.25, -0.2) is 0 Å². The summed E-state index contributed by atoms with van der Waals surface area (Å²) < 4.78 is 11.4. The van der Waals surface area contributed by atoms with Gasteiger partial charge in [0.05, 0.1) is 25.3 Å². The topological polar surface area (TPSA) is 66.3 Å². The van der Waals surface area contributed by atoms with Gasteiger partial charge in [-0.05, 0) is 43.8 Å². The van der Waals surface area contributed by atoms with E-state index < -0.39 is 0 Å². The van der Waals surface area contributed by atoms with Crippen molar-refractivity contribution < 1.29 is 24.3 Å². The van der Waals surface area contributed by atoms with Gasteiger partial charge in [0.15, 0.2) is 5.76 Å². The first-order valence-electron chi connectivity index (χ1n) is 10.1. The minimum absolute atomic E-state index is 0.0645. The first-order chi connectivity index (χ1) is 14.0. The van der Waals surface area contributed by atoms with Crippen LogP contribution in [0.3, 0.4) is 0 Å². The lowest BCUT2D eigenvalue weighted by Gasteiger charge is -2.30. The van der Waals surface area contributed by atoms with Crippen molar-refractivity contribution in [3.63, 3.8) is 0 Å². The van der Waals surface area contributed by atoms with Crippen molar-refractivity contribution in [1.29, 1.82) is 0 Å². The van der Waals surface area contributed by atoms with E-state index in [2.05, 4.69) is 11.9 Å². The number of rotatable bonds is 5. The van der Waals surface area contributed by atoms with Gasteiger partial charge in [-0.3, -0.25) is 9.69 Å². The van der Waals surface area contributed by atoms with Gasteiger partial charge in [-0.2, -0.15) is 0 Å². The predicted octanol–water partition coefficient (Wildman–Crippen LogP) is 1.11. The van der Waals surface area contributed by atoms with Gasteiger partial charge < -0.3 is 19.5 Å². The Bertz CT molecular complexity index is 929. The number of allylic oxidation sites excluding steroid dienone is 1. The van der Waals surface area contributed by atoms with E-state index in [1.54, 1.807) is 12.1 Å². The molecule has 2 aliphatic rings. The van der Waals surface area contributed by atoms with E-state index in [1.807, 2.05) is 31.2 Å². The zero-order chi connectivity index (χ0) is 20.4. The molecule has 0 radical (unpaired) electrons. The molecule has 1 N–H and O–H groups in total. The number of nitrogens with one attached hydrogen (secondary N) is 1. The Labute approximate surface area is 171 Å². The van der Waals surface area contributed by atoms with Crippen LogP contribution >= 0.6 is 0 Å². The lowest BCUT2D eigenvalue weighted by Crippen LogP contribution is -3.13. The van der Waals surface area contributed by atoms with Gasteiger partial charge in [0.25, 0.3) is 0 Å². The highest BCUT2D eigenvalue weighted by Gasteiger charge is 2.31. The fourth-order valence-electron chi connectivity index (χ4n) is 3.80. The molecule has 0 unspecified atom stereocenters. The number of fused-ring (bicyclic) bond motifs is 1. The van der Waals surface area contributed by atoms with Crippen molar-refractivity contribution in [3.8, 4) is 17.2 Å². The summed E-state index contributed by atoms with van der Waals surface area (Å²) in [5, 5.41) is 12.5. The third-order valence-electron chi connectivity index (χ3n) is 5.51. The van der Waals surface area contributed by atoms with Crippen LogP contribution in [0.5, 0.6) is 17.2 Å². The molecule has 6 heteroatoms. The normalized spacial score (nSPS) is 18.7. The number of piperazine rings is 1. The van der Waals surface area contributed by atoms with Gasteiger partial charge in [0.2, 0.25) is 5.78 Å². The van der Waals surface area contributed by atoms with Crippen molar-refractivity contribution in [2.75, 3.05) is 39.8 Å². The van der Waals surface area contributed by atoms with E-state index in [1.165, 1.54) is 11.0 Å². The van der Waals surface area contributed by atoms with Crippen molar-refractivity contribution in [2.45, 2.75) is 13.5 Å². The fourth-order valence-corrected chi connectivity index (χ4v) is 3.80. The summed E-state index contributed by atoms with van der Waals surface area (Å²) in [6, 6.07) is 10.6. The summed E-state index contributed by atoms with van der Waals surface area (Å²) in [7, 11) is 2.11. The quantitative estimate of drug-likeness (QED) is 0.770. The van der Waals surface area contributed by atoms with Crippen LogP contribution in [0.25, 0.3) is 6.08 Å². The molecule has 2 heterocycles. The van der Waals surface area contributed by atoms with E-state index in [-0.39, 0.29) is 17.3 Å². The first-order valence-corrected chi connectivity index (χ1v) is 10.1. The Balaban J connectivity index is 1.57. The van der Waals surface area contributed by atoms with Gasteiger partial charge in [0.1, 0.15) is 18.0 Å². The highest BCUT2D eigenvalue weighted by atomic mass is 16.5. The molecule has 0 amide bonds. The van der Waals surface area contributed by atoms with E-state index >= 15 is 0 Å². The molecule has 1 fully saturated rings. The number of ketones is 1. The molecule has 2 aromatic carbocycles. The Morgan fingerprint density at radius 3 is 2.59 bits per heavy atom. The highest BCUT2D eigenvalue weighted by molar-refractivity contribution is 6.14. The smallest absolute Gasteiger partial charge is 0.231 e. The monoisotopic (exact) mass is 394 g/mol. The number of carbonyl (C=O) groups excluding carboxylic acids is 1. The molecule has 0 spiro atoms. The van der Waals surface area contributed by atoms with E-state index in [4.69, 9.17) is 9.47 Å². The molecule has 1 saturated heterocycles. The summed E-state index contributed by atoms with van der Waals surface area (Å²) in [4.78, 5) is 16.5. The van der Waals surface area contributed by atoms with Crippen molar-refractivity contribution in [1.82, 2.24) is 4.90 Å². The summed E-state index contributed by atoms with van der Waals surface area (Å²) in [6.45, 7) is 7.07. The highest BCUT2D eigenvalue weighted by Crippen LogP contribution is 2.38. The van der Waals surface area contributed by atoms with Crippen molar-refractivity contribution >= 4 is 11.9 Å². The number of likely N-dealkylation sites (N-methyl/N-ethyl adjacent to an activating group) is 1. The Morgan fingerprint density at radius 1 is 1.17 bits per heavy atom. The summed E-state index contributed by atoms with van der Waals surface area (Å²) in [5.74, 6) is 1.23. The van der Waals surface area contributed by atoms with Gasteiger partial charge in [-0.15, -0.1) is 0 Å². The molecule has 2 aromatic rings. The van der Waals surface area contributed by atoms with E-state index in [9.17, 15) is 9.90 Å². The average Bonchev–Trinajstić information content (AvgIpc) is 3.03. The number of carbonyl (C=O) groups is 1. The number of hydrogen-bond donors (Lipinski definition) is 1. The van der Waals surface area contributed by atoms with Crippen LogP contribution in [0.15, 0.2) is 42.2 Å². The maximum absolute atomic E-state index is 12.8. The van der Waals surface area contributed by atoms with Gasteiger partial charge in [-0.1, -0.05) is 23.9 Å². The second kappa shape index (κ2) is 8.27. The molecule has 2 aliphatic heterocycles. The average molecular weight is 394 g/mol. The molecule has 152 valence electrons. The fraction of sp³-hybridized carbons (Fsp3) is 0.348. The van der Waals surface area contributed by atoms with Crippen molar-refractivity contribution in [2.24, 2.45) is 0 Å². The predicted molar refractivity (Wildman–Crippen MR) is 108 cm³/mol. The van der Waals surface area contributed by atoms with E-state index in [0.717, 1.165) is 37.5 Å². The maximum atomic E-state index is 12.8. The summed E-state index contributed by atoms with van der Waals surface area (Å²) in [5.41, 5.74) is 1.93. The largest absolute Gasteiger partial charge is 0.872 e. The molecule has 0 atom stereocenters. The third-order valence-corrected chi connectivity index (χ3v) is 5.51. The number of hydrogen-bond acceptors (Lipinski definition) is 5. The number of nitrogens with zero attached hydrogens (tertiary/aromatic N) is 1. The summed E-state index contributed by atoms with van der Waals surface area (Å²) in [6.07, 6.45) is 1.72. The van der Waals surface area contributed by atoms with Crippen LogP contribution in [0.2, 0.25) is 0 Å². The third kappa shape index (κ3) is 4.13. The SMILES string of the molecule is CCOc1ccc(/C=C2\Oc3c(ccc([O-])c3C[NH+]3CCN(C)CC3)C2=O)cc1. The van der Waals surface area contributed by atoms with Crippen LogP contribution in [0, 0.1) is 0 Å². The number of ether oxygens (including phenoxy) is 2. The second-order valence-electron chi connectivity index (χ2n) is 7.59. The Kier molecular flexibility index (Phi) is 5.56. The van der Waals surface area contributed by atoms with Gasteiger partial charge in [0, 0.05) is 18.7 Å². The molecule has 0 bridgehead atoms. The minimum atomic E-state index is -0.177. The van der Waals surface area contributed by atoms with Crippen molar-refractivity contribution in [3.05, 3.63) is 58.8 Å². The molecule has 29 heavy (non-hydrogen) atoms. The molecule has 0 aliphatic carbocycles. The number of quaternary nitrogens is 1. The van der Waals surface area contributed by atoms with Crippen LogP contribution in [0.1, 0.15) is 28.4 Å². The van der Waals surface area contributed by atoms with Crippen LogP contribution in [0.4, 0.5) is 0 Å². The number of Topliss-reactive ketones (excluding diaryl/α,β-unsaturated/α-hetero) is 1. The zero-order valence-electron chi connectivity index (χ0n) is 16.9. The Hall–Kier alpha value is -2.83. The lowest BCUT2D eigenvalue weighted by molar-refractivity contribution is -0.918. The lowest BCUT2D eigenvalue weighted by atomic mass is 10.0. The minimum Gasteiger partial charge on any atom is -0.872 e. The second-order valence-corrected chi connectivity index (χ2v) is 7.59. The first kappa shape index (κ1) is 19.5. The molecule has 0 aromatic heterocycles. The zero-order valence-corrected chi connectivity index (χ0v) is 16.9. The standard InChI is InChI=1S/C23H26N2O4/c1-3-28-17-6-4-16(5-7-17)14-21-22(27)18-8-9-20(26)19(23(18)29-21)15-25-12-10-24(2)11-13-25/h4-9,14,26H,3,10-13,15H2,1-2H3/b21-14-. The van der Waals surface area contributed by atoms with E-state index in [0.29, 0.717) is 30.0 Å². The maximum Gasteiger partial charge on any atom is 0.231 e.